The van der Waals surface area contributed by atoms with Gasteiger partial charge in [0.2, 0.25) is 0 Å². The van der Waals surface area contributed by atoms with Crippen LogP contribution < -0.4 is 15.8 Å². The van der Waals surface area contributed by atoms with Crippen LogP contribution in [0.4, 0.5) is 33.3 Å². The number of rotatable bonds is 3. The lowest BCUT2D eigenvalue weighted by atomic mass is 9.83. The molecule has 0 saturated carbocycles. The van der Waals surface area contributed by atoms with Gasteiger partial charge >= 0.3 is 6.18 Å². The Kier molecular flexibility index (Phi) is 5.92. The van der Waals surface area contributed by atoms with Crippen LogP contribution in [0.2, 0.25) is 5.02 Å². The van der Waals surface area contributed by atoms with Crippen molar-refractivity contribution in [3.63, 3.8) is 0 Å². The highest BCUT2D eigenvalue weighted by Crippen LogP contribution is 2.44. The van der Waals surface area contributed by atoms with Gasteiger partial charge in [-0.1, -0.05) is 11.6 Å². The molecule has 1 heterocycles. The van der Waals surface area contributed by atoms with Gasteiger partial charge in [0.05, 0.1) is 22.9 Å². The smallest absolute Gasteiger partial charge is 0.417 e. The van der Waals surface area contributed by atoms with E-state index in [1.165, 1.54) is 24.3 Å². The number of hydrogen-bond donors (Lipinski definition) is 2. The van der Waals surface area contributed by atoms with Gasteiger partial charge in [0, 0.05) is 22.7 Å². The summed E-state index contributed by atoms with van der Waals surface area (Å²) in [4.78, 5) is 13.1. The molecule has 1 amide bonds. The first kappa shape index (κ1) is 22.8. The summed E-state index contributed by atoms with van der Waals surface area (Å²) in [5, 5.41) is 1.77. The molecule has 0 radical (unpaired) electrons. The maximum atomic E-state index is 14.0. The number of hydrogen-bond acceptors (Lipinski definition) is 3. The predicted molar refractivity (Wildman–Crippen MR) is 114 cm³/mol. The predicted octanol–water partition coefficient (Wildman–Crippen LogP) is 6.39. The monoisotopic (exact) mass is 482 g/mol. The number of alkyl halides is 3. The highest BCUT2D eigenvalue weighted by Gasteiger charge is 2.37. The molecule has 3 aromatic rings. The zero-order valence-electron chi connectivity index (χ0n) is 16.8. The van der Waals surface area contributed by atoms with Gasteiger partial charge in [0.1, 0.15) is 17.4 Å². The maximum Gasteiger partial charge on any atom is 0.417 e. The molecule has 0 bridgehead atoms. The summed E-state index contributed by atoms with van der Waals surface area (Å²) in [6.07, 6.45) is -4.58. The normalized spacial score (nSPS) is 15.5. The second kappa shape index (κ2) is 8.55. The lowest BCUT2D eigenvalue weighted by molar-refractivity contribution is -0.137. The number of nitrogens with one attached hydrogen (secondary N) is 1. The zero-order chi connectivity index (χ0) is 23.9. The third kappa shape index (κ3) is 4.59. The largest absolute Gasteiger partial charge is 0.493 e. The number of nitrogen functional groups attached to an aromatic ring is 1. The van der Waals surface area contributed by atoms with Crippen molar-refractivity contribution in [1.29, 1.82) is 0 Å². The molecule has 10 heteroatoms. The van der Waals surface area contributed by atoms with E-state index in [1.54, 1.807) is 0 Å². The first-order valence-electron chi connectivity index (χ1n) is 9.74. The first-order chi connectivity index (χ1) is 15.5. The average Bonchev–Trinajstić information content (AvgIpc) is 2.75. The Labute approximate surface area is 190 Å². The molecule has 0 spiro atoms. The average molecular weight is 483 g/mol. The van der Waals surface area contributed by atoms with Crippen LogP contribution in [-0.2, 0) is 6.18 Å². The summed E-state index contributed by atoms with van der Waals surface area (Å²) in [7, 11) is 0. The lowest BCUT2D eigenvalue weighted by Gasteiger charge is -2.28. The number of halogens is 6. The van der Waals surface area contributed by atoms with E-state index in [-0.39, 0.29) is 35.5 Å². The van der Waals surface area contributed by atoms with Gasteiger partial charge < -0.3 is 15.8 Å². The number of carbonyl (C=O) groups excluding carboxylic acids is 1. The van der Waals surface area contributed by atoms with Gasteiger partial charge in [-0.2, -0.15) is 13.2 Å². The molecule has 3 N–H and O–H groups in total. The van der Waals surface area contributed by atoms with Crippen LogP contribution in [0.3, 0.4) is 0 Å². The van der Waals surface area contributed by atoms with Crippen molar-refractivity contribution in [1.82, 2.24) is 0 Å². The summed E-state index contributed by atoms with van der Waals surface area (Å²) in [5.41, 5.74) is 4.37. The third-order valence-electron chi connectivity index (χ3n) is 5.33. The number of benzene rings is 3. The van der Waals surface area contributed by atoms with Gasteiger partial charge in [0.25, 0.3) is 5.91 Å². The molecule has 3 aromatic carbocycles. The highest BCUT2D eigenvalue weighted by atomic mass is 35.5. The van der Waals surface area contributed by atoms with Gasteiger partial charge in [-0.3, -0.25) is 4.79 Å². The van der Waals surface area contributed by atoms with Crippen LogP contribution in [0.5, 0.6) is 5.75 Å². The van der Waals surface area contributed by atoms with E-state index in [4.69, 9.17) is 22.1 Å². The van der Waals surface area contributed by atoms with Gasteiger partial charge in [0.15, 0.2) is 0 Å². The van der Waals surface area contributed by atoms with Crippen molar-refractivity contribution in [3.05, 3.63) is 87.4 Å². The van der Waals surface area contributed by atoms with Gasteiger partial charge in [-0.25, -0.2) is 8.78 Å². The first-order valence-corrected chi connectivity index (χ1v) is 10.1. The van der Waals surface area contributed by atoms with E-state index in [0.717, 1.165) is 24.3 Å². The van der Waals surface area contributed by atoms with Crippen LogP contribution in [0.15, 0.2) is 48.5 Å². The molecule has 1 aliphatic heterocycles. The molecule has 0 saturated heterocycles. The number of amides is 1. The number of nitrogens with two attached hydrogens (primary N) is 1. The van der Waals surface area contributed by atoms with E-state index in [1.807, 2.05) is 0 Å². The summed E-state index contributed by atoms with van der Waals surface area (Å²) < 4.78 is 74.0. The molecule has 33 heavy (non-hydrogen) atoms. The van der Waals surface area contributed by atoms with E-state index < -0.39 is 40.2 Å². The Morgan fingerprint density at radius 1 is 1.06 bits per heavy atom. The van der Waals surface area contributed by atoms with E-state index >= 15 is 0 Å². The van der Waals surface area contributed by atoms with Crippen molar-refractivity contribution >= 4 is 28.9 Å². The minimum absolute atomic E-state index is 0.00436. The quantitative estimate of drug-likeness (QED) is 0.336. The van der Waals surface area contributed by atoms with Crippen LogP contribution in [0.1, 0.15) is 39.4 Å². The van der Waals surface area contributed by atoms with Crippen LogP contribution in [0.25, 0.3) is 0 Å². The Bertz CT molecular complexity index is 1250. The van der Waals surface area contributed by atoms with Crippen LogP contribution in [-0.4, -0.2) is 12.5 Å². The molecule has 0 aliphatic carbocycles. The number of ether oxygens (including phenoxy) is 1. The number of fused-ring (bicyclic) bond motifs is 1. The summed E-state index contributed by atoms with van der Waals surface area (Å²) in [6, 6.07) is 9.00. The minimum Gasteiger partial charge on any atom is -0.493 e. The molecule has 0 aromatic heterocycles. The molecule has 1 unspecified atom stereocenters. The lowest BCUT2D eigenvalue weighted by Crippen LogP contribution is -2.22. The molecular formula is C23H16ClF5N2O2. The maximum absolute atomic E-state index is 14.0. The Balaban J connectivity index is 1.84. The molecule has 1 atom stereocenters. The standard InChI is InChI=1S/C23H16ClF5N2O2/c24-18-10-16(22(32)31-12-2-3-20(30)19(26)8-12)14(9-17(18)23(27,28)29)13-5-6-33-21-4-1-11(25)7-15(13)21/h1-4,7-10,13H,5-6,30H2,(H,31,32). The summed E-state index contributed by atoms with van der Waals surface area (Å²) in [5.74, 6) is -2.64. The molecule has 4 rings (SSSR count). The SMILES string of the molecule is Nc1ccc(NC(=O)c2cc(Cl)c(C(F)(F)F)cc2C2CCOc3ccc(F)cc32)cc1F. The van der Waals surface area contributed by atoms with Gasteiger partial charge in [-0.15, -0.1) is 0 Å². The Morgan fingerprint density at radius 2 is 1.82 bits per heavy atom. The summed E-state index contributed by atoms with van der Waals surface area (Å²) in [6.45, 7) is 0.150. The summed E-state index contributed by atoms with van der Waals surface area (Å²) >= 11 is 5.88. The second-order valence-electron chi connectivity index (χ2n) is 7.48. The van der Waals surface area contributed by atoms with Crippen LogP contribution in [0, 0.1) is 11.6 Å². The topological polar surface area (TPSA) is 64.3 Å². The number of anilines is 2. The fraction of sp³-hybridized carbons (Fsp3) is 0.174. The van der Waals surface area contributed by atoms with Gasteiger partial charge in [-0.05, 0) is 60.5 Å². The Hall–Kier alpha value is -3.33. The molecule has 4 nitrogen and oxygen atoms in total. The van der Waals surface area contributed by atoms with Crippen molar-refractivity contribution in [2.45, 2.75) is 18.5 Å². The Morgan fingerprint density at radius 3 is 2.52 bits per heavy atom. The van der Waals surface area contributed by atoms with E-state index in [0.29, 0.717) is 11.3 Å². The van der Waals surface area contributed by atoms with Crippen molar-refractivity contribution < 1.29 is 31.5 Å². The highest BCUT2D eigenvalue weighted by molar-refractivity contribution is 6.32. The van der Waals surface area contributed by atoms with Crippen molar-refractivity contribution in [2.75, 3.05) is 17.7 Å². The second-order valence-corrected chi connectivity index (χ2v) is 7.89. The fourth-order valence-electron chi connectivity index (χ4n) is 3.78. The molecule has 172 valence electrons. The van der Waals surface area contributed by atoms with Crippen LogP contribution >= 0.6 is 11.6 Å². The molecule has 0 fully saturated rings. The molecular weight excluding hydrogens is 467 g/mol. The van der Waals surface area contributed by atoms with Crippen molar-refractivity contribution in [2.24, 2.45) is 0 Å². The minimum atomic E-state index is -4.78. The van der Waals surface area contributed by atoms with Crippen molar-refractivity contribution in [3.8, 4) is 5.75 Å². The third-order valence-corrected chi connectivity index (χ3v) is 5.65. The number of carbonyl (C=O) groups is 1. The van der Waals surface area contributed by atoms with E-state index in [2.05, 4.69) is 5.32 Å². The van der Waals surface area contributed by atoms with E-state index in [9.17, 15) is 26.7 Å². The fourth-order valence-corrected chi connectivity index (χ4v) is 4.05. The zero-order valence-corrected chi connectivity index (χ0v) is 17.5. The molecule has 1 aliphatic rings.